The van der Waals surface area contributed by atoms with Crippen LogP contribution >= 0.6 is 0 Å². The summed E-state index contributed by atoms with van der Waals surface area (Å²) in [5.41, 5.74) is 6.25. The first-order valence-electron chi connectivity index (χ1n) is 4.25. The summed E-state index contributed by atoms with van der Waals surface area (Å²) in [6.07, 6.45) is 1.90. The van der Waals surface area contributed by atoms with E-state index in [1.165, 1.54) is 12.3 Å². The van der Waals surface area contributed by atoms with Crippen molar-refractivity contribution in [2.45, 2.75) is 18.9 Å². The number of hydrogen-bond acceptors (Lipinski definition) is 3. The molecule has 0 aliphatic rings. The monoisotopic (exact) mass is 196 g/mol. The smallest absolute Gasteiger partial charge is 0.303 e. The summed E-state index contributed by atoms with van der Waals surface area (Å²) >= 11 is 0. The highest BCUT2D eigenvalue weighted by Gasteiger charge is 2.07. The minimum atomic E-state index is -0.870. The van der Waals surface area contributed by atoms with Crippen LogP contribution in [0.4, 0.5) is 0 Å². The van der Waals surface area contributed by atoms with E-state index in [0.717, 1.165) is 5.56 Å². The molecule has 0 aliphatic heterocycles. The van der Waals surface area contributed by atoms with Crippen molar-refractivity contribution in [3.05, 3.63) is 34.2 Å². The number of nitrogens with two attached hydrogens (primary N) is 1. The fourth-order valence-electron chi connectivity index (χ4n) is 1.10. The molecule has 0 aromatic carbocycles. The van der Waals surface area contributed by atoms with Crippen LogP contribution in [-0.2, 0) is 4.79 Å². The van der Waals surface area contributed by atoms with Gasteiger partial charge < -0.3 is 15.8 Å². The van der Waals surface area contributed by atoms with E-state index in [1.807, 2.05) is 0 Å². The van der Waals surface area contributed by atoms with Crippen molar-refractivity contribution in [2.24, 2.45) is 5.73 Å². The van der Waals surface area contributed by atoms with Gasteiger partial charge in [-0.3, -0.25) is 9.59 Å². The molecule has 5 heteroatoms. The maximum absolute atomic E-state index is 10.7. The van der Waals surface area contributed by atoms with Crippen LogP contribution in [0.15, 0.2) is 23.1 Å². The summed E-state index contributed by atoms with van der Waals surface area (Å²) in [4.78, 5) is 23.5. The third-order valence-electron chi connectivity index (χ3n) is 1.91. The molecule has 4 N–H and O–H groups in total. The summed E-state index contributed by atoms with van der Waals surface area (Å²) in [7, 11) is 0. The molecule has 14 heavy (non-hydrogen) atoms. The van der Waals surface area contributed by atoms with Crippen LogP contribution in [0.5, 0.6) is 0 Å². The van der Waals surface area contributed by atoms with Crippen LogP contribution in [0.2, 0.25) is 0 Å². The van der Waals surface area contributed by atoms with E-state index in [2.05, 4.69) is 4.98 Å². The molecule has 0 bridgehead atoms. The van der Waals surface area contributed by atoms with Crippen molar-refractivity contribution in [3.8, 4) is 0 Å². The van der Waals surface area contributed by atoms with Gasteiger partial charge in [0, 0.05) is 24.7 Å². The van der Waals surface area contributed by atoms with E-state index in [4.69, 9.17) is 10.8 Å². The van der Waals surface area contributed by atoms with Gasteiger partial charge in [0.2, 0.25) is 5.56 Å². The lowest BCUT2D eigenvalue weighted by Gasteiger charge is -2.09. The van der Waals surface area contributed by atoms with Gasteiger partial charge in [-0.1, -0.05) is 6.07 Å². The third kappa shape index (κ3) is 3.02. The molecule has 0 radical (unpaired) electrons. The highest BCUT2D eigenvalue weighted by atomic mass is 16.4. The zero-order valence-corrected chi connectivity index (χ0v) is 7.56. The van der Waals surface area contributed by atoms with Gasteiger partial charge >= 0.3 is 5.97 Å². The predicted molar refractivity (Wildman–Crippen MR) is 50.9 cm³/mol. The predicted octanol–water partition coefficient (Wildman–Crippen LogP) is 0.239. The van der Waals surface area contributed by atoms with Crippen molar-refractivity contribution in [1.29, 1.82) is 0 Å². The second kappa shape index (κ2) is 4.57. The average Bonchev–Trinajstić information content (AvgIpc) is 2.15. The van der Waals surface area contributed by atoms with E-state index in [-0.39, 0.29) is 18.0 Å². The largest absolute Gasteiger partial charge is 0.481 e. The van der Waals surface area contributed by atoms with Gasteiger partial charge in [-0.25, -0.2) is 0 Å². The Morgan fingerprint density at radius 1 is 1.57 bits per heavy atom. The molecule has 0 spiro atoms. The summed E-state index contributed by atoms with van der Waals surface area (Å²) < 4.78 is 0. The van der Waals surface area contributed by atoms with Gasteiger partial charge in [0.25, 0.3) is 0 Å². The van der Waals surface area contributed by atoms with Gasteiger partial charge in [-0.2, -0.15) is 0 Å². The van der Waals surface area contributed by atoms with Crippen LogP contribution in [-0.4, -0.2) is 16.1 Å². The Morgan fingerprint density at radius 3 is 2.79 bits per heavy atom. The van der Waals surface area contributed by atoms with Crippen LogP contribution in [0, 0.1) is 0 Å². The number of aromatic nitrogens is 1. The lowest BCUT2D eigenvalue weighted by atomic mass is 10.1. The van der Waals surface area contributed by atoms with Gasteiger partial charge in [0.1, 0.15) is 0 Å². The number of pyridine rings is 1. The maximum atomic E-state index is 10.7. The van der Waals surface area contributed by atoms with E-state index < -0.39 is 5.97 Å². The molecule has 0 unspecified atom stereocenters. The van der Waals surface area contributed by atoms with Gasteiger partial charge in [0.05, 0.1) is 0 Å². The number of H-pyrrole nitrogens is 1. The number of hydrogen-bond donors (Lipinski definition) is 3. The average molecular weight is 196 g/mol. The topological polar surface area (TPSA) is 96.2 Å². The number of carbonyl (C=O) groups is 1. The molecule has 0 aliphatic carbocycles. The van der Waals surface area contributed by atoms with Crippen molar-refractivity contribution in [1.82, 2.24) is 4.98 Å². The zero-order chi connectivity index (χ0) is 10.6. The molecule has 0 fully saturated rings. The lowest BCUT2D eigenvalue weighted by Crippen LogP contribution is -2.14. The van der Waals surface area contributed by atoms with Gasteiger partial charge in [0.15, 0.2) is 0 Å². The number of carboxylic acid groups (broad SMARTS) is 1. The molecule has 5 nitrogen and oxygen atoms in total. The number of aliphatic carboxylic acids is 1. The molecular formula is C9H12N2O3. The van der Waals surface area contributed by atoms with Gasteiger partial charge in [-0.05, 0) is 12.0 Å². The second-order valence-corrected chi connectivity index (χ2v) is 3.03. The van der Waals surface area contributed by atoms with Crippen LogP contribution in [0.3, 0.4) is 0 Å². The molecule has 1 aromatic rings. The molecule has 1 atom stereocenters. The Kier molecular flexibility index (Phi) is 3.41. The summed E-state index contributed by atoms with van der Waals surface area (Å²) in [5.74, 6) is -0.870. The van der Waals surface area contributed by atoms with Crippen LogP contribution < -0.4 is 11.3 Å². The first-order valence-corrected chi connectivity index (χ1v) is 4.25. The summed E-state index contributed by atoms with van der Waals surface area (Å²) in [6, 6.07) is 2.63. The molecule has 0 saturated carbocycles. The molecule has 0 amide bonds. The second-order valence-electron chi connectivity index (χ2n) is 3.03. The molecule has 0 saturated heterocycles. The molecular weight excluding hydrogens is 184 g/mol. The Bertz CT molecular complexity index is 352. The van der Waals surface area contributed by atoms with Crippen molar-refractivity contribution >= 4 is 5.97 Å². The van der Waals surface area contributed by atoms with E-state index >= 15 is 0 Å². The third-order valence-corrected chi connectivity index (χ3v) is 1.91. The molecule has 76 valence electrons. The fourth-order valence-corrected chi connectivity index (χ4v) is 1.10. The first kappa shape index (κ1) is 10.5. The summed E-state index contributed by atoms with van der Waals surface area (Å²) in [5, 5.41) is 8.44. The first-order chi connectivity index (χ1) is 6.59. The van der Waals surface area contributed by atoms with Crippen molar-refractivity contribution in [2.75, 3.05) is 0 Å². The SMILES string of the molecule is N[C@@H](CCC(=O)O)c1ccc(=O)[nH]c1. The van der Waals surface area contributed by atoms with E-state index in [9.17, 15) is 9.59 Å². The van der Waals surface area contributed by atoms with Crippen molar-refractivity contribution in [3.63, 3.8) is 0 Å². The van der Waals surface area contributed by atoms with E-state index in [0.29, 0.717) is 6.42 Å². The normalized spacial score (nSPS) is 12.4. The number of aromatic amines is 1. The highest BCUT2D eigenvalue weighted by Crippen LogP contribution is 2.12. The maximum Gasteiger partial charge on any atom is 0.303 e. The number of carboxylic acids is 1. The fraction of sp³-hybridized carbons (Fsp3) is 0.333. The highest BCUT2D eigenvalue weighted by molar-refractivity contribution is 5.66. The quantitative estimate of drug-likeness (QED) is 0.642. The van der Waals surface area contributed by atoms with Crippen LogP contribution in [0.25, 0.3) is 0 Å². The molecule has 1 heterocycles. The number of nitrogens with one attached hydrogen (secondary N) is 1. The Hall–Kier alpha value is -1.62. The van der Waals surface area contributed by atoms with Crippen LogP contribution in [0.1, 0.15) is 24.4 Å². The van der Waals surface area contributed by atoms with Crippen molar-refractivity contribution < 1.29 is 9.90 Å². The Labute approximate surface area is 80.6 Å². The van der Waals surface area contributed by atoms with E-state index in [1.54, 1.807) is 6.07 Å². The standard InChI is InChI=1S/C9H12N2O3/c10-7(2-4-9(13)14)6-1-3-8(12)11-5-6/h1,3,5,7H,2,4,10H2,(H,11,12)(H,13,14)/t7-/m0/s1. The molecule has 1 aromatic heterocycles. The minimum absolute atomic E-state index is 0.0281. The summed E-state index contributed by atoms with van der Waals surface area (Å²) in [6.45, 7) is 0. The van der Waals surface area contributed by atoms with Gasteiger partial charge in [-0.15, -0.1) is 0 Å². The molecule has 1 rings (SSSR count). The Balaban J connectivity index is 2.60. The zero-order valence-electron chi connectivity index (χ0n) is 7.56. The lowest BCUT2D eigenvalue weighted by molar-refractivity contribution is -0.137. The Morgan fingerprint density at radius 2 is 2.29 bits per heavy atom. The number of rotatable bonds is 4. The minimum Gasteiger partial charge on any atom is -0.481 e.